The fourth-order valence-corrected chi connectivity index (χ4v) is 4.77. The minimum absolute atomic E-state index is 0.484. The Morgan fingerprint density at radius 3 is 2.44 bits per heavy atom. The number of fused-ring (bicyclic) bond motifs is 1. The van der Waals surface area contributed by atoms with Crippen LogP contribution in [0.3, 0.4) is 0 Å². The Kier molecular flexibility index (Phi) is 5.59. The molecule has 0 unspecified atom stereocenters. The predicted molar refractivity (Wildman–Crippen MR) is 120 cm³/mol. The second-order valence-corrected chi connectivity index (χ2v) is 9.96. The number of halogens is 1. The first-order chi connectivity index (χ1) is 15.1. The molecule has 32 heavy (non-hydrogen) atoms. The van der Waals surface area contributed by atoms with E-state index in [4.69, 9.17) is 9.56 Å². The Hall–Kier alpha value is -3.47. The highest BCUT2D eigenvalue weighted by Gasteiger charge is 2.18. The van der Waals surface area contributed by atoms with E-state index in [2.05, 4.69) is 0 Å². The van der Waals surface area contributed by atoms with Crippen LogP contribution in [-0.2, 0) is 20.0 Å². The van der Waals surface area contributed by atoms with Crippen LogP contribution in [0.1, 0.15) is 5.56 Å². The van der Waals surface area contributed by atoms with E-state index < -0.39 is 36.4 Å². The molecule has 0 fully saturated rings. The van der Waals surface area contributed by atoms with Crippen LogP contribution in [0.25, 0.3) is 28.7 Å². The molecule has 1 aliphatic carbocycles. The second-order valence-electron chi connectivity index (χ2n) is 6.87. The maximum Gasteiger partial charge on any atom is 0.255 e. The van der Waals surface area contributed by atoms with Gasteiger partial charge < -0.3 is 4.42 Å². The van der Waals surface area contributed by atoms with Crippen LogP contribution in [0.4, 0.5) is 10.1 Å². The number of hydrogen-bond donors (Lipinski definition) is 2. The lowest BCUT2D eigenvalue weighted by molar-refractivity contribution is 0.583. The number of rotatable bonds is 6. The van der Waals surface area contributed by atoms with Crippen LogP contribution >= 0.6 is 0 Å². The molecule has 0 amide bonds. The summed E-state index contributed by atoms with van der Waals surface area (Å²) in [6.07, 6.45) is 1.33. The Bertz CT molecular complexity index is 1510. The first kappa shape index (κ1) is 21.8. The van der Waals surface area contributed by atoms with Crippen molar-refractivity contribution in [2.75, 3.05) is 4.72 Å². The first-order valence-corrected chi connectivity index (χ1v) is 12.3. The molecular formula is C22H17FN2O5S2. The Morgan fingerprint density at radius 2 is 1.66 bits per heavy atom. The molecule has 0 radical (unpaired) electrons. The van der Waals surface area contributed by atoms with E-state index in [0.717, 1.165) is 29.2 Å². The summed E-state index contributed by atoms with van der Waals surface area (Å²) in [5.74, 6) is 0.405. The monoisotopic (exact) mass is 472 g/mol. The summed E-state index contributed by atoms with van der Waals surface area (Å²) in [7, 11) is -8.48. The van der Waals surface area contributed by atoms with Gasteiger partial charge in [0.15, 0.2) is 0 Å². The third-order valence-electron chi connectivity index (χ3n) is 4.60. The van der Waals surface area contributed by atoms with Gasteiger partial charge in [-0.1, -0.05) is 36.4 Å². The van der Waals surface area contributed by atoms with Crippen molar-refractivity contribution in [3.05, 3.63) is 89.6 Å². The van der Waals surface area contributed by atoms with Crippen molar-refractivity contribution < 1.29 is 25.6 Å². The molecule has 0 atom stereocenters. The van der Waals surface area contributed by atoms with Gasteiger partial charge in [-0.2, -0.15) is 0 Å². The number of hydrogen-bond acceptors (Lipinski definition) is 5. The molecule has 164 valence electrons. The molecule has 2 aromatic rings. The van der Waals surface area contributed by atoms with Crippen LogP contribution in [0.2, 0.25) is 0 Å². The third-order valence-corrected chi connectivity index (χ3v) is 6.56. The quantitative estimate of drug-likeness (QED) is 0.435. The molecule has 1 aliphatic heterocycles. The molecular weight excluding hydrogens is 455 g/mol. The fraction of sp³-hybridized carbons (Fsp3) is 0. The van der Waals surface area contributed by atoms with Gasteiger partial charge in [0.1, 0.15) is 22.2 Å². The molecule has 1 heterocycles. The predicted octanol–water partition coefficient (Wildman–Crippen LogP) is 4.25. The first-order valence-electron chi connectivity index (χ1n) is 9.24. The largest absolute Gasteiger partial charge is 0.456 e. The van der Waals surface area contributed by atoms with Crippen molar-refractivity contribution in [1.82, 2.24) is 0 Å². The van der Waals surface area contributed by atoms with Crippen molar-refractivity contribution in [3.8, 4) is 22.6 Å². The lowest BCUT2D eigenvalue weighted by Gasteiger charge is -2.10. The van der Waals surface area contributed by atoms with Crippen molar-refractivity contribution in [3.63, 3.8) is 0 Å². The van der Waals surface area contributed by atoms with Crippen LogP contribution in [-0.4, -0.2) is 16.8 Å². The summed E-state index contributed by atoms with van der Waals surface area (Å²) in [5.41, 5.74) is 1.65. The van der Waals surface area contributed by atoms with E-state index in [0.29, 0.717) is 22.6 Å². The average Bonchev–Trinajstić information content (AvgIpc) is 3.19. The number of anilines is 1. The Balaban J connectivity index is 1.68. The standard InChI is InChI=1S/C22H17FN2O5S2/c23-17-9-11-22(32(24,28)29)19(14-17)25-31(26,27)13-12-15-4-1-2-6-18(15)21-10-8-16-5-3-7-20(16)30-21/h1-14,25H,(H2,24,28,29). The van der Waals surface area contributed by atoms with Gasteiger partial charge in [0, 0.05) is 11.1 Å². The zero-order valence-electron chi connectivity index (χ0n) is 16.4. The number of benzene rings is 2. The molecule has 10 heteroatoms. The highest BCUT2D eigenvalue weighted by molar-refractivity contribution is 7.95. The van der Waals surface area contributed by atoms with E-state index in [1.54, 1.807) is 30.3 Å². The summed E-state index contributed by atoms with van der Waals surface area (Å²) in [5, 5.41) is 5.95. The Labute approximate surface area is 184 Å². The van der Waals surface area contributed by atoms with E-state index >= 15 is 0 Å². The summed E-state index contributed by atoms with van der Waals surface area (Å²) in [6.45, 7) is 0. The SMILES string of the molecule is NS(=O)(=O)c1ccc(F)cc1NS(=O)(=O)C=Cc1ccccc1-c1ccc2cccc-2o1. The summed E-state index contributed by atoms with van der Waals surface area (Å²) < 4.78 is 70.1. The third kappa shape index (κ3) is 4.72. The topological polar surface area (TPSA) is 119 Å². The highest BCUT2D eigenvalue weighted by Crippen LogP contribution is 2.32. The van der Waals surface area contributed by atoms with E-state index in [9.17, 15) is 21.2 Å². The lowest BCUT2D eigenvalue weighted by atomic mass is 10.0. The van der Waals surface area contributed by atoms with Crippen LogP contribution in [0.15, 0.2) is 87.5 Å². The number of nitrogens with two attached hydrogens (primary N) is 1. The molecule has 7 nitrogen and oxygen atoms in total. The lowest BCUT2D eigenvalue weighted by Crippen LogP contribution is -2.17. The number of nitrogens with one attached hydrogen (secondary N) is 1. The second kappa shape index (κ2) is 8.23. The maximum absolute atomic E-state index is 13.6. The van der Waals surface area contributed by atoms with Crippen LogP contribution in [0, 0.1) is 5.82 Å². The molecule has 0 saturated carbocycles. The summed E-state index contributed by atoms with van der Waals surface area (Å²) in [4.78, 5) is -0.543. The van der Waals surface area contributed by atoms with Crippen molar-refractivity contribution >= 4 is 31.8 Å². The molecule has 0 saturated heterocycles. The smallest absolute Gasteiger partial charge is 0.255 e. The van der Waals surface area contributed by atoms with Crippen molar-refractivity contribution in [2.45, 2.75) is 4.90 Å². The number of sulfonamides is 2. The number of primary sulfonamides is 1. The van der Waals surface area contributed by atoms with Gasteiger partial charge in [-0.15, -0.1) is 0 Å². The maximum atomic E-state index is 13.6. The van der Waals surface area contributed by atoms with Gasteiger partial charge in [0.25, 0.3) is 10.0 Å². The van der Waals surface area contributed by atoms with Crippen LogP contribution in [0.5, 0.6) is 0 Å². The van der Waals surface area contributed by atoms with E-state index in [1.165, 1.54) is 6.08 Å². The molecule has 2 aromatic carbocycles. The minimum atomic E-state index is -4.28. The minimum Gasteiger partial charge on any atom is -0.456 e. The molecule has 4 rings (SSSR count). The Morgan fingerprint density at radius 1 is 0.875 bits per heavy atom. The van der Waals surface area contributed by atoms with Gasteiger partial charge in [-0.25, -0.2) is 26.4 Å². The van der Waals surface area contributed by atoms with Gasteiger partial charge in [-0.05, 0) is 48.0 Å². The zero-order valence-corrected chi connectivity index (χ0v) is 18.0. The molecule has 3 N–H and O–H groups in total. The normalized spacial score (nSPS) is 12.4. The van der Waals surface area contributed by atoms with Crippen LogP contribution < -0.4 is 9.86 Å². The van der Waals surface area contributed by atoms with E-state index in [-0.39, 0.29) is 0 Å². The van der Waals surface area contributed by atoms with Crippen molar-refractivity contribution in [1.29, 1.82) is 0 Å². The van der Waals surface area contributed by atoms with Gasteiger partial charge in [0.05, 0.1) is 11.1 Å². The average molecular weight is 473 g/mol. The molecule has 2 aliphatic rings. The zero-order chi connectivity index (χ0) is 22.9. The van der Waals surface area contributed by atoms with E-state index in [1.807, 2.05) is 29.0 Å². The van der Waals surface area contributed by atoms with Crippen molar-refractivity contribution in [2.24, 2.45) is 5.14 Å². The fourth-order valence-electron chi connectivity index (χ4n) is 3.16. The molecule has 0 bridgehead atoms. The van der Waals surface area contributed by atoms with Gasteiger partial charge in [-0.3, -0.25) is 4.72 Å². The van der Waals surface area contributed by atoms with Gasteiger partial charge in [0.2, 0.25) is 10.0 Å². The molecule has 0 spiro atoms. The summed E-state index contributed by atoms with van der Waals surface area (Å²) in [6, 6.07) is 18.8. The molecule has 0 aromatic heterocycles. The van der Waals surface area contributed by atoms with Gasteiger partial charge >= 0.3 is 0 Å². The summed E-state index contributed by atoms with van der Waals surface area (Å²) >= 11 is 0. The highest BCUT2D eigenvalue weighted by atomic mass is 32.2.